The van der Waals surface area contributed by atoms with Crippen LogP contribution in [0.5, 0.6) is 5.75 Å². The van der Waals surface area contributed by atoms with Crippen LogP contribution in [0.15, 0.2) is 51.7 Å². The largest absolute Gasteiger partial charge is 0.507 e. The zero-order valence-corrected chi connectivity index (χ0v) is 15.0. The molecular formula is C22H23NO3. The number of benzene rings is 2. The number of nitrogens with zero attached hydrogens (tertiary/aromatic N) is 1. The van der Waals surface area contributed by atoms with E-state index in [1.807, 2.05) is 43.3 Å². The number of fused-ring (bicyclic) bond motifs is 1. The lowest BCUT2D eigenvalue weighted by Crippen LogP contribution is -2.29. The molecule has 134 valence electrons. The lowest BCUT2D eigenvalue weighted by Gasteiger charge is -2.27. The molecule has 4 nitrogen and oxygen atoms in total. The topological polar surface area (TPSA) is 53.7 Å². The van der Waals surface area contributed by atoms with Crippen LogP contribution in [0.4, 0.5) is 0 Å². The minimum atomic E-state index is -0.400. The zero-order chi connectivity index (χ0) is 18.1. The van der Waals surface area contributed by atoms with E-state index in [-0.39, 0.29) is 5.75 Å². The number of aryl methyl sites for hydroxylation is 1. The summed E-state index contributed by atoms with van der Waals surface area (Å²) in [6.07, 6.45) is 3.69. The molecule has 0 radical (unpaired) electrons. The van der Waals surface area contributed by atoms with Crippen LogP contribution in [0.3, 0.4) is 0 Å². The van der Waals surface area contributed by atoms with Gasteiger partial charge in [0, 0.05) is 29.1 Å². The van der Waals surface area contributed by atoms with E-state index < -0.39 is 5.63 Å². The summed E-state index contributed by atoms with van der Waals surface area (Å²) in [5, 5.41) is 11.6. The molecule has 0 bridgehead atoms. The number of aromatic hydroxyl groups is 1. The first-order valence-electron chi connectivity index (χ1n) is 9.20. The highest BCUT2D eigenvalue weighted by Crippen LogP contribution is 2.36. The first-order valence-corrected chi connectivity index (χ1v) is 9.20. The second-order valence-electron chi connectivity index (χ2n) is 7.07. The number of likely N-dealkylation sites (tertiary alicyclic amines) is 1. The number of hydrogen-bond acceptors (Lipinski definition) is 4. The fourth-order valence-corrected chi connectivity index (χ4v) is 3.85. The van der Waals surface area contributed by atoms with Gasteiger partial charge in [-0.3, -0.25) is 4.90 Å². The van der Waals surface area contributed by atoms with Crippen molar-refractivity contribution in [1.29, 1.82) is 0 Å². The van der Waals surface area contributed by atoms with Crippen molar-refractivity contribution < 1.29 is 9.52 Å². The minimum Gasteiger partial charge on any atom is -0.507 e. The molecule has 0 unspecified atom stereocenters. The summed E-state index contributed by atoms with van der Waals surface area (Å²) < 4.78 is 5.45. The molecule has 1 fully saturated rings. The molecule has 1 saturated heterocycles. The number of piperidine rings is 1. The molecule has 1 aromatic heterocycles. The summed E-state index contributed by atoms with van der Waals surface area (Å²) in [4.78, 5) is 14.5. The second-order valence-corrected chi connectivity index (χ2v) is 7.07. The van der Waals surface area contributed by atoms with Crippen LogP contribution in [0, 0.1) is 6.92 Å². The second kappa shape index (κ2) is 6.96. The zero-order valence-electron chi connectivity index (χ0n) is 15.0. The highest BCUT2D eigenvalue weighted by atomic mass is 16.4. The Morgan fingerprint density at radius 2 is 1.81 bits per heavy atom. The SMILES string of the molecule is Cc1c(O)c(CN2CCCCC2)cc2c(-c3ccccc3)cc(=O)oc12. The summed E-state index contributed by atoms with van der Waals surface area (Å²) in [5.41, 5.74) is 3.41. The van der Waals surface area contributed by atoms with Crippen LogP contribution >= 0.6 is 0 Å². The Morgan fingerprint density at radius 1 is 1.08 bits per heavy atom. The fraction of sp³-hybridized carbons (Fsp3) is 0.318. The molecule has 4 heteroatoms. The van der Waals surface area contributed by atoms with Gasteiger partial charge < -0.3 is 9.52 Å². The maximum atomic E-state index is 12.1. The first kappa shape index (κ1) is 16.9. The average molecular weight is 349 g/mol. The van der Waals surface area contributed by atoms with Gasteiger partial charge >= 0.3 is 5.63 Å². The van der Waals surface area contributed by atoms with Gasteiger partial charge in [0.05, 0.1) is 0 Å². The van der Waals surface area contributed by atoms with Gasteiger partial charge in [-0.05, 0) is 50.0 Å². The molecule has 4 rings (SSSR count). The van der Waals surface area contributed by atoms with E-state index in [4.69, 9.17) is 4.42 Å². The summed E-state index contributed by atoms with van der Waals surface area (Å²) in [5.74, 6) is 0.233. The van der Waals surface area contributed by atoms with Crippen LogP contribution in [-0.4, -0.2) is 23.1 Å². The molecule has 0 amide bonds. The van der Waals surface area contributed by atoms with E-state index in [2.05, 4.69) is 4.90 Å². The Bertz CT molecular complexity index is 986. The predicted octanol–water partition coefficient (Wildman–Crippen LogP) is 4.46. The van der Waals surface area contributed by atoms with E-state index >= 15 is 0 Å². The number of phenolic OH excluding ortho intramolecular Hbond substituents is 1. The highest BCUT2D eigenvalue weighted by Gasteiger charge is 2.18. The predicted molar refractivity (Wildman–Crippen MR) is 103 cm³/mol. The molecule has 26 heavy (non-hydrogen) atoms. The molecule has 1 N–H and O–H groups in total. The Hall–Kier alpha value is -2.59. The van der Waals surface area contributed by atoms with Gasteiger partial charge in [-0.1, -0.05) is 36.8 Å². The number of phenols is 1. The smallest absolute Gasteiger partial charge is 0.336 e. The highest BCUT2D eigenvalue weighted by molar-refractivity contribution is 5.96. The summed E-state index contributed by atoms with van der Waals surface area (Å²) in [6, 6.07) is 13.4. The van der Waals surface area contributed by atoms with Gasteiger partial charge in [0.15, 0.2) is 0 Å². The molecule has 0 aliphatic carbocycles. The summed E-state index contributed by atoms with van der Waals surface area (Å²) >= 11 is 0. The Labute approximate surface area is 152 Å². The van der Waals surface area contributed by atoms with Gasteiger partial charge in [0.2, 0.25) is 0 Å². The number of rotatable bonds is 3. The molecule has 0 atom stereocenters. The van der Waals surface area contributed by atoms with Crippen molar-refractivity contribution >= 4 is 11.0 Å². The van der Waals surface area contributed by atoms with E-state index in [0.717, 1.165) is 41.7 Å². The lowest BCUT2D eigenvalue weighted by atomic mass is 9.97. The Kier molecular flexibility index (Phi) is 4.51. The monoisotopic (exact) mass is 349 g/mol. The van der Waals surface area contributed by atoms with Crippen molar-refractivity contribution in [3.8, 4) is 16.9 Å². The molecule has 1 aliphatic heterocycles. The van der Waals surface area contributed by atoms with Crippen molar-refractivity contribution in [3.05, 3.63) is 64.0 Å². The van der Waals surface area contributed by atoms with Gasteiger partial charge in [-0.15, -0.1) is 0 Å². The maximum Gasteiger partial charge on any atom is 0.336 e. The van der Waals surface area contributed by atoms with Crippen LogP contribution in [-0.2, 0) is 6.54 Å². The summed E-state index contributed by atoms with van der Waals surface area (Å²) in [7, 11) is 0. The van der Waals surface area contributed by atoms with Crippen LogP contribution in [0.25, 0.3) is 22.1 Å². The van der Waals surface area contributed by atoms with Gasteiger partial charge in [0.25, 0.3) is 0 Å². The maximum absolute atomic E-state index is 12.1. The molecule has 0 saturated carbocycles. The third kappa shape index (κ3) is 3.13. The van der Waals surface area contributed by atoms with E-state index in [1.165, 1.54) is 19.3 Å². The summed E-state index contributed by atoms with van der Waals surface area (Å²) in [6.45, 7) is 4.66. The fourth-order valence-electron chi connectivity index (χ4n) is 3.85. The molecule has 3 aromatic rings. The lowest BCUT2D eigenvalue weighted by molar-refractivity contribution is 0.218. The first-order chi connectivity index (χ1) is 12.6. The van der Waals surface area contributed by atoms with E-state index in [1.54, 1.807) is 6.07 Å². The molecule has 2 heterocycles. The van der Waals surface area contributed by atoms with E-state index in [9.17, 15) is 9.90 Å². The van der Waals surface area contributed by atoms with Crippen molar-refractivity contribution in [1.82, 2.24) is 4.90 Å². The normalized spacial score (nSPS) is 15.4. The third-order valence-electron chi connectivity index (χ3n) is 5.25. The van der Waals surface area contributed by atoms with Crippen molar-refractivity contribution in [2.24, 2.45) is 0 Å². The van der Waals surface area contributed by atoms with Crippen molar-refractivity contribution in [2.75, 3.05) is 13.1 Å². The minimum absolute atomic E-state index is 0.233. The van der Waals surface area contributed by atoms with Crippen LogP contribution in [0.2, 0.25) is 0 Å². The Balaban J connectivity index is 1.88. The van der Waals surface area contributed by atoms with Crippen LogP contribution in [0.1, 0.15) is 30.4 Å². The van der Waals surface area contributed by atoms with E-state index in [0.29, 0.717) is 11.1 Å². The molecule has 2 aromatic carbocycles. The van der Waals surface area contributed by atoms with Gasteiger partial charge in [-0.25, -0.2) is 4.79 Å². The van der Waals surface area contributed by atoms with Crippen molar-refractivity contribution in [2.45, 2.75) is 32.7 Å². The molecular weight excluding hydrogens is 326 g/mol. The average Bonchev–Trinajstić information content (AvgIpc) is 2.67. The van der Waals surface area contributed by atoms with Crippen molar-refractivity contribution in [3.63, 3.8) is 0 Å². The Morgan fingerprint density at radius 3 is 2.54 bits per heavy atom. The molecule has 1 aliphatic rings. The number of hydrogen-bond donors (Lipinski definition) is 1. The quantitative estimate of drug-likeness (QED) is 0.709. The van der Waals surface area contributed by atoms with Gasteiger partial charge in [-0.2, -0.15) is 0 Å². The van der Waals surface area contributed by atoms with Crippen LogP contribution < -0.4 is 5.63 Å². The molecule has 0 spiro atoms. The third-order valence-corrected chi connectivity index (χ3v) is 5.25. The standard InChI is InChI=1S/C22H23NO3/c1-15-21(25)17(14-23-10-6-3-7-11-23)12-19-18(13-20(24)26-22(15)19)16-8-4-2-5-9-16/h2,4-5,8-9,12-13,25H,3,6-7,10-11,14H2,1H3. The van der Waals surface area contributed by atoms with Gasteiger partial charge in [0.1, 0.15) is 11.3 Å².